The summed E-state index contributed by atoms with van der Waals surface area (Å²) in [6, 6.07) is 0. The number of unbranched alkanes of at least 4 members (excludes halogenated alkanes) is 22. The molecule has 0 aliphatic rings. The second kappa shape index (κ2) is 46.5. The van der Waals surface area contributed by atoms with Crippen LogP contribution < -0.4 is 91.2 Å². The van der Waals surface area contributed by atoms with Crippen LogP contribution in [0.5, 0.6) is 0 Å². The number of rotatable bonds is 30. The van der Waals surface area contributed by atoms with Crippen molar-refractivity contribution in [1.82, 2.24) is 0 Å². The van der Waals surface area contributed by atoms with Gasteiger partial charge in [-0.25, -0.2) is 0 Å². The second-order valence-corrected chi connectivity index (χ2v) is 11.4. The molecule has 42 heavy (non-hydrogen) atoms. The first-order valence-corrected chi connectivity index (χ1v) is 17.2. The summed E-state index contributed by atoms with van der Waals surface area (Å²) in [5, 5.41) is 20.4. The summed E-state index contributed by atoms with van der Waals surface area (Å²) in [5.41, 5.74) is 0. The maximum Gasteiger partial charge on any atom is 1.00 e. The molecule has 0 aromatic heterocycles. The van der Waals surface area contributed by atoms with E-state index in [1.807, 2.05) is 0 Å². The maximum atomic E-state index is 10.2. The number of aliphatic carboxylic acids is 2. The Bertz CT molecular complexity index is 531. The van der Waals surface area contributed by atoms with Crippen molar-refractivity contribution in [1.29, 1.82) is 0 Å². The summed E-state index contributed by atoms with van der Waals surface area (Å²) in [7, 11) is 0. The van der Waals surface area contributed by atoms with E-state index in [2.05, 4.69) is 38.2 Å². The van der Waals surface area contributed by atoms with Crippen LogP contribution in [0, 0.1) is 0 Å². The quantitative estimate of drug-likeness (QED) is 0.0696. The Labute approximate surface area is 326 Å². The van der Waals surface area contributed by atoms with Crippen LogP contribution in [0.1, 0.15) is 194 Å². The molecule has 236 valence electrons. The van der Waals surface area contributed by atoms with Crippen LogP contribution in [0.2, 0.25) is 0 Å². The summed E-state index contributed by atoms with van der Waals surface area (Å²) < 4.78 is 0. The number of hydrogen-bond donors (Lipinski definition) is 0. The van der Waals surface area contributed by atoms with Crippen molar-refractivity contribution >= 4 is 11.9 Å². The van der Waals surface area contributed by atoms with Gasteiger partial charge in [-0.3, -0.25) is 0 Å². The zero-order chi connectivity index (χ0) is 29.8. The molecule has 0 amide bonds. The van der Waals surface area contributed by atoms with E-state index >= 15 is 0 Å². The Hall–Kier alpha value is 1.06. The van der Waals surface area contributed by atoms with Gasteiger partial charge in [0.25, 0.3) is 0 Å². The molecule has 0 N–H and O–H groups in total. The molecular weight excluding hydrogens is 558 g/mol. The van der Waals surface area contributed by atoms with Gasteiger partial charge in [0.05, 0.1) is 0 Å². The molecule has 0 aliphatic heterocycles. The van der Waals surface area contributed by atoms with Gasteiger partial charge < -0.3 is 19.8 Å². The molecule has 0 saturated carbocycles. The normalized spacial score (nSPS) is 10.7. The second-order valence-electron chi connectivity index (χ2n) is 11.4. The summed E-state index contributed by atoms with van der Waals surface area (Å²) in [6.07, 6.45) is 41.8. The minimum absolute atomic E-state index is 0. The van der Waals surface area contributed by atoms with Crippen molar-refractivity contribution in [2.45, 2.75) is 194 Å². The molecule has 0 aromatic carbocycles. The third kappa shape index (κ3) is 53.6. The first kappa shape index (κ1) is 49.9. The average Bonchev–Trinajstić information content (AvgIpc) is 2.93. The van der Waals surface area contributed by atoms with Gasteiger partial charge in [0.1, 0.15) is 0 Å². The van der Waals surface area contributed by atoms with Crippen LogP contribution in [-0.4, -0.2) is 11.9 Å². The molecule has 0 spiro atoms. The van der Waals surface area contributed by atoms with Gasteiger partial charge in [-0.05, 0) is 77.0 Å². The predicted octanol–water partition coefficient (Wildman–Crippen LogP) is 3.56. The van der Waals surface area contributed by atoms with Crippen molar-refractivity contribution in [3.8, 4) is 0 Å². The van der Waals surface area contributed by atoms with Crippen LogP contribution in [0.15, 0.2) is 24.3 Å². The Morgan fingerprint density at radius 1 is 0.405 bits per heavy atom. The standard InChI is InChI=1S/2C18H34O2.K.Na/c2*1-2-3-4-5-6-7-8-9-10-11-12-13-14-15-16-17-18(19)20;;/h2*9-10H,2-8,11-17H2,1H3,(H,19,20);;/q;;2*+1/p-2/b2*10-9-;;. The smallest absolute Gasteiger partial charge is 0.550 e. The number of carboxylic acids is 2. The molecule has 0 unspecified atom stereocenters. The summed E-state index contributed by atoms with van der Waals surface area (Å²) in [4.78, 5) is 20.4. The average molecular weight is 625 g/mol. The van der Waals surface area contributed by atoms with E-state index in [0.29, 0.717) is 0 Å². The summed E-state index contributed by atoms with van der Waals surface area (Å²) in [5.74, 6) is -1.83. The van der Waals surface area contributed by atoms with Crippen LogP contribution in [0.3, 0.4) is 0 Å². The first-order valence-electron chi connectivity index (χ1n) is 17.2. The zero-order valence-corrected chi connectivity index (χ0v) is 33.9. The SMILES string of the molecule is CCCCCCCC/C=C\CCCCCCCC(=O)[O-].CCCCCCCC/C=C\CCCCCCCC(=O)[O-].[K+].[Na+]. The fraction of sp³-hybridized carbons (Fsp3) is 0.833. The Balaban J connectivity index is -0.000000328. The molecule has 4 nitrogen and oxygen atoms in total. The Morgan fingerprint density at radius 3 is 0.857 bits per heavy atom. The number of hydrogen-bond acceptors (Lipinski definition) is 4. The number of carbonyl (C=O) groups is 2. The van der Waals surface area contributed by atoms with Gasteiger partial charge in [-0.1, -0.05) is 141 Å². The van der Waals surface area contributed by atoms with Gasteiger partial charge in [0, 0.05) is 11.9 Å². The Morgan fingerprint density at radius 2 is 0.619 bits per heavy atom. The van der Waals surface area contributed by atoms with Crippen molar-refractivity contribution in [2.24, 2.45) is 0 Å². The fourth-order valence-corrected chi connectivity index (χ4v) is 4.68. The fourth-order valence-electron chi connectivity index (χ4n) is 4.68. The van der Waals surface area contributed by atoms with Crippen LogP contribution in [0.25, 0.3) is 0 Å². The van der Waals surface area contributed by atoms with E-state index in [-0.39, 0.29) is 93.8 Å². The largest absolute Gasteiger partial charge is 1.00 e. The van der Waals surface area contributed by atoms with Crippen LogP contribution in [0.4, 0.5) is 0 Å². The van der Waals surface area contributed by atoms with Gasteiger partial charge in [-0.2, -0.15) is 0 Å². The minimum Gasteiger partial charge on any atom is -0.550 e. The third-order valence-corrected chi connectivity index (χ3v) is 7.29. The van der Waals surface area contributed by atoms with E-state index in [4.69, 9.17) is 0 Å². The molecule has 0 heterocycles. The third-order valence-electron chi connectivity index (χ3n) is 7.29. The van der Waals surface area contributed by atoms with Gasteiger partial charge in [0.2, 0.25) is 0 Å². The molecule has 0 saturated heterocycles. The van der Waals surface area contributed by atoms with E-state index in [1.165, 1.54) is 128 Å². The molecule has 0 fully saturated rings. The molecule has 0 rings (SSSR count). The van der Waals surface area contributed by atoms with Crippen LogP contribution >= 0.6 is 0 Å². The van der Waals surface area contributed by atoms with Gasteiger partial charge >= 0.3 is 80.9 Å². The molecule has 6 heteroatoms. The zero-order valence-electron chi connectivity index (χ0n) is 28.7. The Kier molecular flexibility index (Phi) is 55.2. The number of carboxylic acid groups (broad SMARTS) is 2. The molecular formula is C36H66KNaO4. The van der Waals surface area contributed by atoms with E-state index in [9.17, 15) is 19.8 Å². The van der Waals surface area contributed by atoms with Crippen LogP contribution in [-0.2, 0) is 9.59 Å². The predicted molar refractivity (Wildman–Crippen MR) is 169 cm³/mol. The van der Waals surface area contributed by atoms with Crippen molar-refractivity contribution in [2.75, 3.05) is 0 Å². The number of allylic oxidation sites excluding steroid dienone is 4. The topological polar surface area (TPSA) is 80.3 Å². The van der Waals surface area contributed by atoms with Gasteiger partial charge in [0.15, 0.2) is 0 Å². The summed E-state index contributed by atoms with van der Waals surface area (Å²) in [6.45, 7) is 4.51. The molecule has 0 atom stereocenters. The summed E-state index contributed by atoms with van der Waals surface area (Å²) >= 11 is 0. The first-order chi connectivity index (χ1) is 19.5. The van der Waals surface area contributed by atoms with Crippen molar-refractivity contribution in [3.63, 3.8) is 0 Å². The molecule has 0 radical (unpaired) electrons. The molecule has 0 aromatic rings. The minimum atomic E-state index is -0.914. The van der Waals surface area contributed by atoms with E-state index in [0.717, 1.165) is 38.5 Å². The number of carbonyl (C=O) groups excluding carboxylic acids is 2. The van der Waals surface area contributed by atoms with E-state index < -0.39 is 11.9 Å². The monoisotopic (exact) mass is 624 g/mol. The molecule has 0 bridgehead atoms. The maximum absolute atomic E-state index is 10.2. The van der Waals surface area contributed by atoms with Gasteiger partial charge in [-0.15, -0.1) is 0 Å². The van der Waals surface area contributed by atoms with Crippen molar-refractivity contribution in [3.05, 3.63) is 24.3 Å². The van der Waals surface area contributed by atoms with Crippen molar-refractivity contribution < 1.29 is 101 Å². The van der Waals surface area contributed by atoms with E-state index in [1.54, 1.807) is 0 Å². The molecule has 0 aliphatic carbocycles.